The van der Waals surface area contributed by atoms with Crippen molar-refractivity contribution < 1.29 is 14.2 Å². The highest BCUT2D eigenvalue weighted by Crippen LogP contribution is 2.20. The number of non-ortho nitro benzene ring substituents is 1. The number of carbonyl (C=O) groups is 1. The topological polar surface area (TPSA) is 102 Å². The van der Waals surface area contributed by atoms with Gasteiger partial charge in [-0.05, 0) is 43.7 Å². The minimum absolute atomic E-state index is 0.0598. The lowest BCUT2D eigenvalue weighted by Gasteiger charge is -2.28. The SMILES string of the molecule is CC[C@@H](C)N(CCc1nc(-c2ccc(Cl)cc2)no1)C(=O)c1cccc([N+](=O)[O-])c1. The molecule has 0 N–H and O–H groups in total. The van der Waals surface area contributed by atoms with Crippen LogP contribution < -0.4 is 0 Å². The van der Waals surface area contributed by atoms with Gasteiger partial charge in [0.1, 0.15) is 0 Å². The van der Waals surface area contributed by atoms with Gasteiger partial charge in [-0.3, -0.25) is 14.9 Å². The van der Waals surface area contributed by atoms with E-state index in [1.54, 1.807) is 35.2 Å². The maximum absolute atomic E-state index is 13.0. The number of nitro benzene ring substituents is 1. The van der Waals surface area contributed by atoms with E-state index in [0.717, 1.165) is 12.0 Å². The third-order valence-electron chi connectivity index (χ3n) is 4.82. The van der Waals surface area contributed by atoms with Gasteiger partial charge in [-0.25, -0.2) is 0 Å². The maximum atomic E-state index is 13.0. The zero-order chi connectivity index (χ0) is 21.7. The second-order valence-corrected chi connectivity index (χ2v) is 7.27. The fourth-order valence-corrected chi connectivity index (χ4v) is 3.08. The predicted molar refractivity (Wildman–Crippen MR) is 112 cm³/mol. The van der Waals surface area contributed by atoms with E-state index in [1.165, 1.54) is 18.2 Å². The van der Waals surface area contributed by atoms with Gasteiger partial charge < -0.3 is 9.42 Å². The summed E-state index contributed by atoms with van der Waals surface area (Å²) in [6, 6.07) is 12.8. The van der Waals surface area contributed by atoms with Gasteiger partial charge in [-0.2, -0.15) is 4.98 Å². The van der Waals surface area contributed by atoms with Crippen molar-refractivity contribution in [2.24, 2.45) is 0 Å². The van der Waals surface area contributed by atoms with E-state index < -0.39 is 4.92 Å². The van der Waals surface area contributed by atoms with Crippen molar-refractivity contribution in [1.29, 1.82) is 0 Å². The lowest BCUT2D eigenvalue weighted by molar-refractivity contribution is -0.384. The summed E-state index contributed by atoms with van der Waals surface area (Å²) in [4.78, 5) is 29.6. The van der Waals surface area contributed by atoms with E-state index in [9.17, 15) is 14.9 Å². The highest BCUT2D eigenvalue weighted by molar-refractivity contribution is 6.30. The van der Waals surface area contributed by atoms with Crippen LogP contribution in [0.25, 0.3) is 11.4 Å². The number of aromatic nitrogens is 2. The number of hydrogen-bond acceptors (Lipinski definition) is 6. The largest absolute Gasteiger partial charge is 0.339 e. The molecule has 0 radical (unpaired) electrons. The summed E-state index contributed by atoms with van der Waals surface area (Å²) >= 11 is 5.90. The first-order chi connectivity index (χ1) is 14.4. The molecule has 0 spiro atoms. The first-order valence-corrected chi connectivity index (χ1v) is 9.90. The molecule has 0 unspecified atom stereocenters. The summed E-state index contributed by atoms with van der Waals surface area (Å²) < 4.78 is 5.33. The van der Waals surface area contributed by atoms with Crippen molar-refractivity contribution >= 4 is 23.2 Å². The van der Waals surface area contributed by atoms with Gasteiger partial charge in [0.25, 0.3) is 11.6 Å². The summed E-state index contributed by atoms with van der Waals surface area (Å²) in [5, 5.41) is 15.6. The van der Waals surface area contributed by atoms with Crippen molar-refractivity contribution in [1.82, 2.24) is 15.0 Å². The Bertz CT molecular complexity index is 1040. The normalized spacial score (nSPS) is 11.8. The Morgan fingerprint density at radius 1 is 1.27 bits per heavy atom. The minimum atomic E-state index is -0.513. The Morgan fingerprint density at radius 2 is 2.00 bits per heavy atom. The number of benzene rings is 2. The van der Waals surface area contributed by atoms with Crippen LogP contribution in [0.4, 0.5) is 5.69 Å². The van der Waals surface area contributed by atoms with E-state index in [-0.39, 0.29) is 23.2 Å². The zero-order valence-electron chi connectivity index (χ0n) is 16.6. The molecule has 1 heterocycles. The fourth-order valence-electron chi connectivity index (χ4n) is 2.95. The molecule has 8 nitrogen and oxygen atoms in total. The van der Waals surface area contributed by atoms with Crippen LogP contribution in [0.15, 0.2) is 53.1 Å². The first kappa shape index (κ1) is 21.4. The second-order valence-electron chi connectivity index (χ2n) is 6.83. The molecule has 156 valence electrons. The summed E-state index contributed by atoms with van der Waals surface area (Å²) in [7, 11) is 0. The molecule has 0 aliphatic rings. The molecule has 0 saturated heterocycles. The molecule has 3 aromatic rings. The Balaban J connectivity index is 1.74. The van der Waals surface area contributed by atoms with E-state index in [1.807, 2.05) is 13.8 Å². The molecular formula is C21H21ClN4O4. The van der Waals surface area contributed by atoms with E-state index in [2.05, 4.69) is 10.1 Å². The van der Waals surface area contributed by atoms with Gasteiger partial charge in [0.05, 0.1) is 4.92 Å². The first-order valence-electron chi connectivity index (χ1n) is 9.53. The second kappa shape index (κ2) is 9.49. The third kappa shape index (κ3) is 5.01. The smallest absolute Gasteiger partial charge is 0.270 e. The molecule has 9 heteroatoms. The number of carbonyl (C=O) groups excluding carboxylic acids is 1. The minimum Gasteiger partial charge on any atom is -0.339 e. The van der Waals surface area contributed by atoms with E-state index >= 15 is 0 Å². The predicted octanol–water partition coefficient (Wildman–Crippen LogP) is 4.78. The van der Waals surface area contributed by atoms with Gasteiger partial charge in [-0.1, -0.05) is 29.7 Å². The van der Waals surface area contributed by atoms with Gasteiger partial charge in [0.2, 0.25) is 11.7 Å². The van der Waals surface area contributed by atoms with Gasteiger partial charge in [0.15, 0.2) is 0 Å². The van der Waals surface area contributed by atoms with E-state index in [0.29, 0.717) is 29.7 Å². The van der Waals surface area contributed by atoms with Crippen molar-refractivity contribution in [2.75, 3.05) is 6.54 Å². The highest BCUT2D eigenvalue weighted by Gasteiger charge is 2.23. The summed E-state index contributed by atoms with van der Waals surface area (Å²) in [6.07, 6.45) is 1.10. The van der Waals surface area contributed by atoms with Crippen molar-refractivity contribution in [3.8, 4) is 11.4 Å². The Labute approximate surface area is 178 Å². The van der Waals surface area contributed by atoms with Gasteiger partial charge >= 0.3 is 0 Å². The Kier molecular flexibility index (Phi) is 6.79. The van der Waals surface area contributed by atoms with Gasteiger partial charge in [0, 0.05) is 47.3 Å². The molecule has 0 fully saturated rings. The average molecular weight is 429 g/mol. The summed E-state index contributed by atoms with van der Waals surface area (Å²) in [5.74, 6) is 0.576. The van der Waals surface area contributed by atoms with Crippen molar-refractivity contribution in [3.63, 3.8) is 0 Å². The zero-order valence-corrected chi connectivity index (χ0v) is 17.4. The molecule has 0 saturated carbocycles. The number of nitrogens with zero attached hydrogens (tertiary/aromatic N) is 4. The Hall–Kier alpha value is -3.26. The molecule has 2 aromatic carbocycles. The molecule has 1 atom stereocenters. The monoisotopic (exact) mass is 428 g/mol. The third-order valence-corrected chi connectivity index (χ3v) is 5.08. The van der Waals surface area contributed by atoms with Crippen LogP contribution in [0.2, 0.25) is 5.02 Å². The quantitative estimate of drug-likeness (QED) is 0.377. The van der Waals surface area contributed by atoms with Crippen LogP contribution in [0.1, 0.15) is 36.5 Å². The molecule has 0 aliphatic carbocycles. The average Bonchev–Trinajstić information content (AvgIpc) is 3.23. The van der Waals surface area contributed by atoms with Crippen LogP contribution >= 0.6 is 11.6 Å². The molecule has 0 aliphatic heterocycles. The molecular weight excluding hydrogens is 408 g/mol. The fraction of sp³-hybridized carbons (Fsp3) is 0.286. The van der Waals surface area contributed by atoms with Crippen molar-refractivity contribution in [2.45, 2.75) is 32.7 Å². The molecule has 30 heavy (non-hydrogen) atoms. The van der Waals surface area contributed by atoms with Crippen LogP contribution in [0.3, 0.4) is 0 Å². The lowest BCUT2D eigenvalue weighted by Crippen LogP contribution is -2.39. The molecule has 1 aromatic heterocycles. The van der Waals surface area contributed by atoms with Crippen LogP contribution in [0, 0.1) is 10.1 Å². The highest BCUT2D eigenvalue weighted by atomic mass is 35.5. The number of nitro groups is 1. The van der Waals surface area contributed by atoms with E-state index in [4.69, 9.17) is 16.1 Å². The summed E-state index contributed by atoms with van der Waals surface area (Å²) in [6.45, 7) is 4.25. The van der Waals surface area contributed by atoms with Crippen LogP contribution in [-0.2, 0) is 6.42 Å². The molecule has 3 rings (SSSR count). The standard InChI is InChI=1S/C21H21ClN4O4/c1-3-14(2)25(21(27)16-5-4-6-18(13-16)26(28)29)12-11-19-23-20(24-30-19)15-7-9-17(22)10-8-15/h4-10,13-14H,3,11-12H2,1-2H3/t14-/m1/s1. The van der Waals surface area contributed by atoms with Crippen LogP contribution in [-0.4, -0.2) is 38.5 Å². The van der Waals surface area contributed by atoms with Crippen molar-refractivity contribution in [3.05, 3.63) is 75.1 Å². The Morgan fingerprint density at radius 3 is 2.67 bits per heavy atom. The summed E-state index contributed by atoms with van der Waals surface area (Å²) in [5.41, 5.74) is 0.937. The molecule has 1 amide bonds. The number of hydrogen-bond donors (Lipinski definition) is 0. The number of halogens is 1. The number of amides is 1. The van der Waals surface area contributed by atoms with Crippen LogP contribution in [0.5, 0.6) is 0 Å². The lowest BCUT2D eigenvalue weighted by atomic mass is 10.1. The van der Waals surface area contributed by atoms with Gasteiger partial charge in [-0.15, -0.1) is 0 Å². The molecule has 0 bridgehead atoms. The maximum Gasteiger partial charge on any atom is 0.270 e. The number of rotatable bonds is 8.